The summed E-state index contributed by atoms with van der Waals surface area (Å²) in [4.78, 5) is 4.10. The van der Waals surface area contributed by atoms with Crippen LogP contribution in [0.4, 0.5) is 4.39 Å². The van der Waals surface area contributed by atoms with Gasteiger partial charge in [-0.3, -0.25) is 0 Å². The molecule has 0 amide bonds. The third-order valence-corrected chi connectivity index (χ3v) is 2.93. The summed E-state index contributed by atoms with van der Waals surface area (Å²) in [5, 5.41) is 3.78. The second kappa shape index (κ2) is 5.04. The quantitative estimate of drug-likeness (QED) is 0.929. The molecule has 0 radical (unpaired) electrons. The molecule has 0 fully saturated rings. The predicted octanol–water partition coefficient (Wildman–Crippen LogP) is 3.18. The molecule has 0 spiro atoms. The Balaban J connectivity index is 2.38. The molecular weight excluding hydrogens is 257 g/mol. The SMILES string of the molecule is CC(C)C(N)c1noc(-c2cccc(Cl)c2F)n1. The van der Waals surface area contributed by atoms with Gasteiger partial charge in [0, 0.05) is 0 Å². The maximum Gasteiger partial charge on any atom is 0.261 e. The first-order chi connectivity index (χ1) is 8.50. The Kier molecular flexibility index (Phi) is 3.63. The summed E-state index contributed by atoms with van der Waals surface area (Å²) in [6.07, 6.45) is 0. The molecule has 0 bridgehead atoms. The van der Waals surface area contributed by atoms with E-state index in [0.717, 1.165) is 0 Å². The van der Waals surface area contributed by atoms with E-state index < -0.39 is 5.82 Å². The van der Waals surface area contributed by atoms with Gasteiger partial charge in [0.25, 0.3) is 5.89 Å². The average Bonchev–Trinajstić information content (AvgIpc) is 2.80. The van der Waals surface area contributed by atoms with Crippen LogP contribution in [0.15, 0.2) is 22.7 Å². The fourth-order valence-corrected chi connectivity index (χ4v) is 1.62. The van der Waals surface area contributed by atoms with Gasteiger partial charge in [0.05, 0.1) is 16.6 Å². The molecule has 0 saturated heterocycles. The number of nitrogens with zero attached hydrogens (tertiary/aromatic N) is 2. The van der Waals surface area contributed by atoms with Gasteiger partial charge in [-0.05, 0) is 18.1 Å². The summed E-state index contributed by atoms with van der Waals surface area (Å²) in [5.74, 6) is 0.0348. The van der Waals surface area contributed by atoms with Gasteiger partial charge in [-0.1, -0.05) is 36.7 Å². The maximum atomic E-state index is 13.8. The number of nitrogens with two attached hydrogens (primary N) is 1. The third kappa shape index (κ3) is 2.37. The van der Waals surface area contributed by atoms with Crippen LogP contribution in [0.25, 0.3) is 11.5 Å². The normalized spacial score (nSPS) is 13.0. The zero-order chi connectivity index (χ0) is 13.3. The minimum atomic E-state index is -0.576. The Hall–Kier alpha value is -1.46. The van der Waals surface area contributed by atoms with Gasteiger partial charge in [-0.2, -0.15) is 4.98 Å². The number of rotatable bonds is 3. The lowest BCUT2D eigenvalue weighted by Crippen LogP contribution is -2.18. The smallest absolute Gasteiger partial charge is 0.261 e. The van der Waals surface area contributed by atoms with Crippen molar-refractivity contribution in [1.29, 1.82) is 0 Å². The van der Waals surface area contributed by atoms with Gasteiger partial charge in [0.2, 0.25) is 0 Å². The lowest BCUT2D eigenvalue weighted by molar-refractivity contribution is 0.398. The summed E-state index contributed by atoms with van der Waals surface area (Å²) in [6.45, 7) is 3.89. The lowest BCUT2D eigenvalue weighted by atomic mass is 10.1. The van der Waals surface area contributed by atoms with Crippen molar-refractivity contribution in [1.82, 2.24) is 10.1 Å². The molecular formula is C12H13ClFN3O. The first-order valence-corrected chi connectivity index (χ1v) is 5.92. The van der Waals surface area contributed by atoms with Gasteiger partial charge < -0.3 is 10.3 Å². The van der Waals surface area contributed by atoms with Crippen LogP contribution in [0.3, 0.4) is 0 Å². The highest BCUT2D eigenvalue weighted by Gasteiger charge is 2.20. The molecule has 1 unspecified atom stereocenters. The molecule has 1 aromatic heterocycles. The number of hydrogen-bond acceptors (Lipinski definition) is 4. The Morgan fingerprint density at radius 1 is 1.39 bits per heavy atom. The van der Waals surface area contributed by atoms with Gasteiger partial charge in [0.15, 0.2) is 11.6 Å². The van der Waals surface area contributed by atoms with Crippen molar-refractivity contribution < 1.29 is 8.91 Å². The maximum absolute atomic E-state index is 13.8. The summed E-state index contributed by atoms with van der Waals surface area (Å²) in [5.41, 5.74) is 6.07. The Morgan fingerprint density at radius 3 is 2.78 bits per heavy atom. The first-order valence-electron chi connectivity index (χ1n) is 5.54. The van der Waals surface area contributed by atoms with Crippen LogP contribution >= 0.6 is 11.6 Å². The molecule has 4 nitrogen and oxygen atoms in total. The van der Waals surface area contributed by atoms with Crippen LogP contribution in [0.5, 0.6) is 0 Å². The highest BCUT2D eigenvalue weighted by atomic mass is 35.5. The summed E-state index contributed by atoms with van der Waals surface area (Å²) in [6, 6.07) is 4.26. The molecule has 2 rings (SSSR count). The summed E-state index contributed by atoms with van der Waals surface area (Å²) < 4.78 is 18.8. The average molecular weight is 270 g/mol. The molecule has 1 atom stereocenters. The molecule has 6 heteroatoms. The van der Waals surface area contributed by atoms with Crippen LogP contribution in [-0.4, -0.2) is 10.1 Å². The summed E-state index contributed by atoms with van der Waals surface area (Å²) in [7, 11) is 0. The molecule has 0 aliphatic rings. The van der Waals surface area contributed by atoms with Crippen molar-refractivity contribution in [3.8, 4) is 11.5 Å². The molecule has 18 heavy (non-hydrogen) atoms. The number of benzene rings is 1. The van der Waals surface area contributed by atoms with Gasteiger partial charge >= 0.3 is 0 Å². The minimum absolute atomic E-state index is 0.0143. The van der Waals surface area contributed by atoms with Crippen LogP contribution in [0.2, 0.25) is 5.02 Å². The van der Waals surface area contributed by atoms with Gasteiger partial charge in [-0.25, -0.2) is 4.39 Å². The van der Waals surface area contributed by atoms with Crippen LogP contribution in [0.1, 0.15) is 25.7 Å². The van der Waals surface area contributed by atoms with Crippen molar-refractivity contribution in [2.24, 2.45) is 11.7 Å². The number of halogens is 2. The topological polar surface area (TPSA) is 64.9 Å². The number of hydrogen-bond donors (Lipinski definition) is 1. The molecule has 0 aliphatic heterocycles. The Morgan fingerprint density at radius 2 is 2.11 bits per heavy atom. The molecule has 0 aliphatic carbocycles. The van der Waals surface area contributed by atoms with Gasteiger partial charge in [0.1, 0.15) is 0 Å². The molecule has 96 valence electrons. The van der Waals surface area contributed by atoms with E-state index in [4.69, 9.17) is 21.9 Å². The first kappa shape index (κ1) is 13.0. The minimum Gasteiger partial charge on any atom is -0.334 e. The fourth-order valence-electron chi connectivity index (χ4n) is 1.45. The lowest BCUT2D eigenvalue weighted by Gasteiger charge is -2.09. The second-order valence-electron chi connectivity index (χ2n) is 4.33. The zero-order valence-corrected chi connectivity index (χ0v) is 10.8. The Bertz CT molecular complexity index is 556. The van der Waals surface area contributed by atoms with E-state index in [9.17, 15) is 4.39 Å². The van der Waals surface area contributed by atoms with E-state index in [1.807, 2.05) is 13.8 Å². The molecule has 2 aromatic rings. The van der Waals surface area contributed by atoms with E-state index in [2.05, 4.69) is 10.1 Å². The largest absolute Gasteiger partial charge is 0.334 e. The molecule has 1 aromatic carbocycles. The van der Waals surface area contributed by atoms with Crippen molar-refractivity contribution >= 4 is 11.6 Å². The monoisotopic (exact) mass is 269 g/mol. The second-order valence-corrected chi connectivity index (χ2v) is 4.74. The molecule has 0 saturated carbocycles. The van der Waals surface area contributed by atoms with E-state index in [-0.39, 0.29) is 28.4 Å². The van der Waals surface area contributed by atoms with Crippen LogP contribution in [-0.2, 0) is 0 Å². The molecule has 2 N–H and O–H groups in total. The molecule has 1 heterocycles. The highest BCUT2D eigenvalue weighted by molar-refractivity contribution is 6.31. The Labute approximate surface area is 109 Å². The van der Waals surface area contributed by atoms with Gasteiger partial charge in [-0.15, -0.1) is 0 Å². The number of aromatic nitrogens is 2. The van der Waals surface area contributed by atoms with Crippen LogP contribution < -0.4 is 5.73 Å². The standard InChI is InChI=1S/C12H13ClFN3O/c1-6(2)10(15)11-16-12(18-17-11)7-4-3-5-8(13)9(7)14/h3-6,10H,15H2,1-2H3. The summed E-state index contributed by atoms with van der Waals surface area (Å²) >= 11 is 5.69. The van der Waals surface area contributed by atoms with Crippen LogP contribution in [0, 0.1) is 11.7 Å². The third-order valence-electron chi connectivity index (χ3n) is 2.64. The van der Waals surface area contributed by atoms with Crippen molar-refractivity contribution in [3.63, 3.8) is 0 Å². The van der Waals surface area contributed by atoms with Crippen molar-refractivity contribution in [2.45, 2.75) is 19.9 Å². The highest BCUT2D eigenvalue weighted by Crippen LogP contribution is 2.27. The van der Waals surface area contributed by atoms with E-state index in [0.29, 0.717) is 5.82 Å². The van der Waals surface area contributed by atoms with E-state index >= 15 is 0 Å². The predicted molar refractivity (Wildman–Crippen MR) is 66.5 cm³/mol. The van der Waals surface area contributed by atoms with E-state index in [1.165, 1.54) is 12.1 Å². The zero-order valence-electron chi connectivity index (χ0n) is 10.0. The van der Waals surface area contributed by atoms with E-state index in [1.54, 1.807) is 6.07 Å². The van der Waals surface area contributed by atoms with Crippen molar-refractivity contribution in [3.05, 3.63) is 34.9 Å². The van der Waals surface area contributed by atoms with Crippen molar-refractivity contribution in [2.75, 3.05) is 0 Å². The fraction of sp³-hybridized carbons (Fsp3) is 0.333.